The summed E-state index contributed by atoms with van der Waals surface area (Å²) in [5.74, 6) is -0.613. The minimum absolute atomic E-state index is 0.234. The number of nitrogens with one attached hydrogen (secondary N) is 1. The topological polar surface area (TPSA) is 42.0 Å². The standard InChI is InChI=1S/C15H11FN2OS/c1-9-5-2-3-6-10(9)14(19)18-15-17-13-11(16)7-4-8-12(13)20-15/h2-8H,1H3,(H,17,18,19). The molecule has 0 saturated carbocycles. The van der Waals surface area contributed by atoms with Gasteiger partial charge < -0.3 is 0 Å². The first-order valence-electron chi connectivity index (χ1n) is 6.07. The number of benzene rings is 2. The highest BCUT2D eigenvalue weighted by atomic mass is 32.1. The van der Waals surface area contributed by atoms with Crippen LogP contribution in [0.1, 0.15) is 15.9 Å². The highest BCUT2D eigenvalue weighted by molar-refractivity contribution is 7.22. The van der Waals surface area contributed by atoms with Gasteiger partial charge in [-0.15, -0.1) is 0 Å². The fraction of sp³-hybridized carbons (Fsp3) is 0.0667. The van der Waals surface area contributed by atoms with E-state index >= 15 is 0 Å². The molecule has 0 radical (unpaired) electrons. The van der Waals surface area contributed by atoms with Crippen molar-refractivity contribution in [2.75, 3.05) is 5.32 Å². The summed E-state index contributed by atoms with van der Waals surface area (Å²) >= 11 is 1.26. The van der Waals surface area contributed by atoms with Crippen LogP contribution in [-0.2, 0) is 0 Å². The molecule has 0 spiro atoms. The fourth-order valence-electron chi connectivity index (χ4n) is 1.96. The van der Waals surface area contributed by atoms with E-state index < -0.39 is 0 Å². The molecule has 0 unspecified atom stereocenters. The van der Waals surface area contributed by atoms with Gasteiger partial charge in [-0.1, -0.05) is 35.6 Å². The monoisotopic (exact) mass is 286 g/mol. The minimum Gasteiger partial charge on any atom is -0.298 e. The van der Waals surface area contributed by atoms with Crippen molar-refractivity contribution in [1.82, 2.24) is 4.98 Å². The van der Waals surface area contributed by atoms with Crippen LogP contribution in [0.4, 0.5) is 9.52 Å². The third kappa shape index (κ3) is 2.28. The van der Waals surface area contributed by atoms with Gasteiger partial charge in [0.15, 0.2) is 5.13 Å². The maximum atomic E-state index is 13.6. The highest BCUT2D eigenvalue weighted by Gasteiger charge is 2.12. The number of anilines is 1. The summed E-state index contributed by atoms with van der Waals surface area (Å²) in [7, 11) is 0. The van der Waals surface area contributed by atoms with E-state index in [2.05, 4.69) is 10.3 Å². The average molecular weight is 286 g/mol. The number of halogens is 1. The number of rotatable bonds is 2. The molecule has 1 N–H and O–H groups in total. The maximum absolute atomic E-state index is 13.6. The molecule has 0 saturated heterocycles. The SMILES string of the molecule is Cc1ccccc1C(=O)Nc1nc2c(F)cccc2s1. The first-order chi connectivity index (χ1) is 9.65. The van der Waals surface area contributed by atoms with Crippen LogP contribution in [0.15, 0.2) is 42.5 Å². The zero-order valence-electron chi connectivity index (χ0n) is 10.7. The number of hydrogen-bond donors (Lipinski definition) is 1. The Hall–Kier alpha value is -2.27. The van der Waals surface area contributed by atoms with Crippen LogP contribution in [0.2, 0.25) is 0 Å². The molecule has 20 heavy (non-hydrogen) atoms. The number of hydrogen-bond acceptors (Lipinski definition) is 3. The van der Waals surface area contributed by atoms with Crippen LogP contribution in [0.5, 0.6) is 0 Å². The summed E-state index contributed by atoms with van der Waals surface area (Å²) < 4.78 is 14.3. The molecular formula is C15H11FN2OS. The van der Waals surface area contributed by atoms with Crippen molar-refractivity contribution in [2.24, 2.45) is 0 Å². The van der Waals surface area contributed by atoms with Crippen molar-refractivity contribution < 1.29 is 9.18 Å². The van der Waals surface area contributed by atoms with Gasteiger partial charge in [0.2, 0.25) is 0 Å². The molecule has 1 aromatic heterocycles. The third-order valence-electron chi connectivity index (χ3n) is 2.98. The predicted molar refractivity (Wildman–Crippen MR) is 78.7 cm³/mol. The molecule has 0 fully saturated rings. The normalized spacial score (nSPS) is 10.7. The van der Waals surface area contributed by atoms with Gasteiger partial charge in [-0.2, -0.15) is 0 Å². The largest absolute Gasteiger partial charge is 0.298 e. The van der Waals surface area contributed by atoms with Crippen LogP contribution < -0.4 is 5.32 Å². The van der Waals surface area contributed by atoms with Gasteiger partial charge in [-0.3, -0.25) is 10.1 Å². The summed E-state index contributed by atoms with van der Waals surface area (Å²) in [6.45, 7) is 1.87. The van der Waals surface area contributed by atoms with Gasteiger partial charge in [0.05, 0.1) is 4.70 Å². The molecule has 100 valence electrons. The Morgan fingerprint density at radius 2 is 2.00 bits per heavy atom. The molecule has 0 atom stereocenters. The number of aryl methyl sites for hydroxylation is 1. The van der Waals surface area contributed by atoms with Gasteiger partial charge in [0.25, 0.3) is 5.91 Å². The zero-order chi connectivity index (χ0) is 14.1. The summed E-state index contributed by atoms with van der Waals surface area (Å²) in [6.07, 6.45) is 0. The van der Waals surface area contributed by atoms with E-state index in [1.807, 2.05) is 19.1 Å². The Kier molecular flexibility index (Phi) is 3.20. The van der Waals surface area contributed by atoms with E-state index in [1.165, 1.54) is 17.4 Å². The first-order valence-corrected chi connectivity index (χ1v) is 6.89. The molecule has 5 heteroatoms. The Morgan fingerprint density at radius 1 is 1.20 bits per heavy atom. The Balaban J connectivity index is 1.92. The molecule has 0 aliphatic rings. The van der Waals surface area contributed by atoms with E-state index in [1.54, 1.807) is 24.3 Å². The number of para-hydroxylation sites is 1. The van der Waals surface area contributed by atoms with Gasteiger partial charge in [0, 0.05) is 5.56 Å². The van der Waals surface area contributed by atoms with E-state index in [9.17, 15) is 9.18 Å². The Labute approximate surface area is 119 Å². The molecule has 2 aromatic carbocycles. The lowest BCUT2D eigenvalue weighted by atomic mass is 10.1. The molecule has 3 rings (SSSR count). The van der Waals surface area contributed by atoms with Crippen LogP contribution in [0, 0.1) is 12.7 Å². The predicted octanol–water partition coefficient (Wildman–Crippen LogP) is 4.00. The van der Waals surface area contributed by atoms with Crippen molar-refractivity contribution in [1.29, 1.82) is 0 Å². The maximum Gasteiger partial charge on any atom is 0.257 e. The van der Waals surface area contributed by atoms with Gasteiger partial charge in [-0.25, -0.2) is 9.37 Å². The molecule has 0 aliphatic heterocycles. The summed E-state index contributed by atoms with van der Waals surface area (Å²) in [5.41, 5.74) is 1.77. The second kappa shape index (κ2) is 5.02. The Bertz CT molecular complexity index is 797. The van der Waals surface area contributed by atoms with Crippen molar-refractivity contribution in [2.45, 2.75) is 6.92 Å². The van der Waals surface area contributed by atoms with Crippen LogP contribution in [-0.4, -0.2) is 10.9 Å². The number of amides is 1. The second-order valence-electron chi connectivity index (χ2n) is 4.37. The number of fused-ring (bicyclic) bond motifs is 1. The zero-order valence-corrected chi connectivity index (χ0v) is 11.5. The van der Waals surface area contributed by atoms with E-state index in [-0.39, 0.29) is 17.2 Å². The molecular weight excluding hydrogens is 275 g/mol. The van der Waals surface area contributed by atoms with E-state index in [4.69, 9.17) is 0 Å². The van der Waals surface area contributed by atoms with Crippen LogP contribution in [0.25, 0.3) is 10.2 Å². The number of carbonyl (C=O) groups excluding carboxylic acids is 1. The third-order valence-corrected chi connectivity index (χ3v) is 3.92. The van der Waals surface area contributed by atoms with Gasteiger partial charge >= 0.3 is 0 Å². The number of thiazole rings is 1. The summed E-state index contributed by atoms with van der Waals surface area (Å²) in [6, 6.07) is 12.1. The molecule has 1 heterocycles. The van der Waals surface area contributed by atoms with Crippen molar-refractivity contribution in [3.05, 3.63) is 59.4 Å². The van der Waals surface area contributed by atoms with Crippen LogP contribution in [0.3, 0.4) is 0 Å². The molecule has 0 aliphatic carbocycles. The second-order valence-corrected chi connectivity index (χ2v) is 5.41. The molecule has 0 bridgehead atoms. The average Bonchev–Trinajstić information content (AvgIpc) is 2.83. The first kappa shape index (κ1) is 12.7. The summed E-state index contributed by atoms with van der Waals surface area (Å²) in [4.78, 5) is 16.3. The lowest BCUT2D eigenvalue weighted by Gasteiger charge is -2.04. The van der Waals surface area contributed by atoms with E-state index in [0.717, 1.165) is 5.56 Å². The minimum atomic E-state index is -0.379. The number of nitrogens with zero attached hydrogens (tertiary/aromatic N) is 1. The van der Waals surface area contributed by atoms with Gasteiger partial charge in [-0.05, 0) is 30.7 Å². The molecule has 3 aromatic rings. The number of aromatic nitrogens is 1. The van der Waals surface area contributed by atoms with Crippen molar-refractivity contribution in [3.63, 3.8) is 0 Å². The molecule has 3 nitrogen and oxygen atoms in total. The van der Waals surface area contributed by atoms with Crippen molar-refractivity contribution >= 4 is 32.6 Å². The highest BCUT2D eigenvalue weighted by Crippen LogP contribution is 2.27. The lowest BCUT2D eigenvalue weighted by molar-refractivity contribution is 0.102. The van der Waals surface area contributed by atoms with Gasteiger partial charge in [0.1, 0.15) is 11.3 Å². The summed E-state index contributed by atoms with van der Waals surface area (Å²) in [5, 5.41) is 3.12. The van der Waals surface area contributed by atoms with Crippen LogP contribution >= 0.6 is 11.3 Å². The molecule has 1 amide bonds. The number of carbonyl (C=O) groups is 1. The fourth-order valence-corrected chi connectivity index (χ4v) is 2.84. The quantitative estimate of drug-likeness (QED) is 0.773. The Morgan fingerprint density at radius 3 is 2.75 bits per heavy atom. The van der Waals surface area contributed by atoms with Crippen molar-refractivity contribution in [3.8, 4) is 0 Å². The smallest absolute Gasteiger partial charge is 0.257 e. The lowest BCUT2D eigenvalue weighted by Crippen LogP contribution is -2.12. The van der Waals surface area contributed by atoms with E-state index in [0.29, 0.717) is 15.4 Å².